The van der Waals surface area contributed by atoms with Gasteiger partial charge in [0, 0.05) is 23.3 Å². The summed E-state index contributed by atoms with van der Waals surface area (Å²) in [6.45, 7) is 1.87. The molecule has 1 aromatic rings. The Kier molecular flexibility index (Phi) is 4.50. The van der Waals surface area contributed by atoms with Crippen LogP contribution in [0.1, 0.15) is 19.3 Å². The lowest BCUT2D eigenvalue weighted by molar-refractivity contribution is 0.107. The molecular weight excluding hydrogens is 289 g/mol. The summed E-state index contributed by atoms with van der Waals surface area (Å²) < 4.78 is 6.49. The molecule has 1 aliphatic heterocycles. The molecule has 0 amide bonds. The van der Waals surface area contributed by atoms with Gasteiger partial charge in [-0.2, -0.15) is 0 Å². The van der Waals surface area contributed by atoms with E-state index in [9.17, 15) is 0 Å². The molecule has 0 spiro atoms. The van der Waals surface area contributed by atoms with E-state index in [4.69, 9.17) is 16.3 Å². The second-order valence-electron chi connectivity index (χ2n) is 3.98. The van der Waals surface area contributed by atoms with E-state index in [0.717, 1.165) is 34.8 Å². The van der Waals surface area contributed by atoms with Crippen LogP contribution in [0, 0.1) is 0 Å². The van der Waals surface area contributed by atoms with Crippen LogP contribution in [-0.2, 0) is 4.74 Å². The van der Waals surface area contributed by atoms with Crippen molar-refractivity contribution in [3.05, 3.63) is 27.7 Å². The first kappa shape index (κ1) is 12.2. The fourth-order valence-electron chi connectivity index (χ4n) is 1.86. The van der Waals surface area contributed by atoms with E-state index in [1.165, 1.54) is 12.8 Å². The summed E-state index contributed by atoms with van der Waals surface area (Å²) in [5.74, 6) is 0. The molecule has 0 aliphatic carbocycles. The lowest BCUT2D eigenvalue weighted by Crippen LogP contribution is -2.12. The predicted octanol–water partition coefficient (Wildman–Crippen LogP) is 4.08. The van der Waals surface area contributed by atoms with Crippen LogP contribution in [0.3, 0.4) is 0 Å². The van der Waals surface area contributed by atoms with Crippen LogP contribution in [0.5, 0.6) is 0 Å². The minimum Gasteiger partial charge on any atom is -0.385 e. The van der Waals surface area contributed by atoms with E-state index < -0.39 is 0 Å². The van der Waals surface area contributed by atoms with Gasteiger partial charge in [-0.25, -0.2) is 0 Å². The fourth-order valence-corrected chi connectivity index (χ4v) is 2.35. The lowest BCUT2D eigenvalue weighted by Gasteiger charge is -2.11. The van der Waals surface area contributed by atoms with Crippen LogP contribution in [0.2, 0.25) is 5.02 Å². The zero-order chi connectivity index (χ0) is 11.4. The highest BCUT2D eigenvalue weighted by Crippen LogP contribution is 2.25. The standard InChI is InChI=1S/C12H15BrClNO/c13-11-8-9(3-4-12(11)14)15-6-5-10-2-1-7-16-10/h3-4,8,10,15H,1-2,5-7H2. The Labute approximate surface area is 109 Å². The van der Waals surface area contributed by atoms with Gasteiger partial charge in [-0.15, -0.1) is 0 Å². The topological polar surface area (TPSA) is 21.3 Å². The summed E-state index contributed by atoms with van der Waals surface area (Å²) >= 11 is 9.33. The average molecular weight is 305 g/mol. The summed E-state index contributed by atoms with van der Waals surface area (Å²) in [7, 11) is 0. The van der Waals surface area contributed by atoms with Crippen molar-refractivity contribution in [2.75, 3.05) is 18.5 Å². The molecule has 0 aromatic heterocycles. The van der Waals surface area contributed by atoms with Gasteiger partial charge in [0.05, 0.1) is 11.1 Å². The molecular formula is C12H15BrClNO. The second-order valence-corrected chi connectivity index (χ2v) is 5.24. The van der Waals surface area contributed by atoms with Gasteiger partial charge in [0.1, 0.15) is 0 Å². The summed E-state index contributed by atoms with van der Waals surface area (Å²) in [4.78, 5) is 0. The molecule has 0 bridgehead atoms. The molecule has 1 N–H and O–H groups in total. The predicted molar refractivity (Wildman–Crippen MR) is 71.2 cm³/mol. The monoisotopic (exact) mass is 303 g/mol. The van der Waals surface area contributed by atoms with Gasteiger partial charge in [-0.1, -0.05) is 11.6 Å². The van der Waals surface area contributed by atoms with Crippen molar-refractivity contribution in [1.29, 1.82) is 0 Å². The maximum Gasteiger partial charge on any atom is 0.0592 e. The summed E-state index contributed by atoms with van der Waals surface area (Å²) in [5.41, 5.74) is 1.09. The molecule has 1 fully saturated rings. The molecule has 1 aliphatic rings. The van der Waals surface area contributed by atoms with E-state index in [1.54, 1.807) is 0 Å². The van der Waals surface area contributed by atoms with Crippen molar-refractivity contribution in [2.24, 2.45) is 0 Å². The average Bonchev–Trinajstić information content (AvgIpc) is 2.76. The highest BCUT2D eigenvalue weighted by atomic mass is 79.9. The Morgan fingerprint density at radius 2 is 2.38 bits per heavy atom. The third-order valence-electron chi connectivity index (χ3n) is 2.74. The normalized spacial score (nSPS) is 20.0. The summed E-state index contributed by atoms with van der Waals surface area (Å²) in [6.07, 6.45) is 3.92. The minimum atomic E-state index is 0.447. The van der Waals surface area contributed by atoms with Gasteiger partial charge in [0.15, 0.2) is 0 Å². The number of nitrogens with one attached hydrogen (secondary N) is 1. The molecule has 2 rings (SSSR count). The molecule has 0 saturated carbocycles. The molecule has 0 radical (unpaired) electrons. The van der Waals surface area contributed by atoms with Crippen molar-refractivity contribution >= 4 is 33.2 Å². The molecule has 1 saturated heterocycles. The molecule has 1 heterocycles. The quantitative estimate of drug-likeness (QED) is 0.905. The molecule has 16 heavy (non-hydrogen) atoms. The Morgan fingerprint density at radius 1 is 1.50 bits per heavy atom. The number of hydrogen-bond acceptors (Lipinski definition) is 2. The van der Waals surface area contributed by atoms with Crippen LogP contribution in [0.15, 0.2) is 22.7 Å². The van der Waals surface area contributed by atoms with Gasteiger partial charge in [-0.3, -0.25) is 0 Å². The van der Waals surface area contributed by atoms with Gasteiger partial charge in [0.25, 0.3) is 0 Å². The van der Waals surface area contributed by atoms with Gasteiger partial charge in [0.2, 0.25) is 0 Å². The molecule has 4 heteroatoms. The highest BCUT2D eigenvalue weighted by molar-refractivity contribution is 9.10. The Bertz CT molecular complexity index is 353. The summed E-state index contributed by atoms with van der Waals surface area (Å²) in [5, 5.41) is 4.11. The zero-order valence-corrected chi connectivity index (χ0v) is 11.4. The van der Waals surface area contributed by atoms with Crippen LogP contribution in [-0.4, -0.2) is 19.3 Å². The van der Waals surface area contributed by atoms with E-state index in [0.29, 0.717) is 6.10 Å². The first-order chi connectivity index (χ1) is 7.75. The van der Waals surface area contributed by atoms with Gasteiger partial charge in [-0.05, 0) is 53.4 Å². The van der Waals surface area contributed by atoms with Crippen molar-refractivity contribution in [3.63, 3.8) is 0 Å². The van der Waals surface area contributed by atoms with Crippen molar-refractivity contribution in [1.82, 2.24) is 0 Å². The number of ether oxygens (including phenoxy) is 1. The number of hydrogen-bond donors (Lipinski definition) is 1. The Hall–Kier alpha value is -0.250. The number of halogens is 2. The van der Waals surface area contributed by atoms with Crippen LogP contribution in [0.25, 0.3) is 0 Å². The SMILES string of the molecule is Clc1ccc(NCCC2CCCO2)cc1Br. The number of rotatable bonds is 4. The van der Waals surface area contributed by atoms with Crippen molar-refractivity contribution in [3.8, 4) is 0 Å². The van der Waals surface area contributed by atoms with E-state index in [-0.39, 0.29) is 0 Å². The smallest absolute Gasteiger partial charge is 0.0592 e. The third-order valence-corrected chi connectivity index (χ3v) is 3.95. The molecule has 1 atom stereocenters. The zero-order valence-electron chi connectivity index (χ0n) is 9.01. The summed E-state index contributed by atoms with van der Waals surface area (Å²) in [6, 6.07) is 5.88. The maximum atomic E-state index is 5.92. The minimum absolute atomic E-state index is 0.447. The van der Waals surface area contributed by atoms with Crippen LogP contribution in [0.4, 0.5) is 5.69 Å². The first-order valence-electron chi connectivity index (χ1n) is 5.56. The molecule has 88 valence electrons. The van der Waals surface area contributed by atoms with E-state index in [2.05, 4.69) is 21.2 Å². The van der Waals surface area contributed by atoms with Crippen molar-refractivity contribution in [2.45, 2.75) is 25.4 Å². The molecule has 2 nitrogen and oxygen atoms in total. The lowest BCUT2D eigenvalue weighted by atomic mass is 10.2. The van der Waals surface area contributed by atoms with Crippen LogP contribution < -0.4 is 5.32 Å². The number of benzene rings is 1. The maximum absolute atomic E-state index is 5.92. The number of anilines is 1. The molecule has 1 unspecified atom stereocenters. The van der Waals surface area contributed by atoms with Gasteiger partial charge < -0.3 is 10.1 Å². The fraction of sp³-hybridized carbons (Fsp3) is 0.500. The second kappa shape index (κ2) is 5.89. The van der Waals surface area contributed by atoms with Crippen molar-refractivity contribution < 1.29 is 4.74 Å². The largest absolute Gasteiger partial charge is 0.385 e. The van der Waals surface area contributed by atoms with Crippen LogP contribution >= 0.6 is 27.5 Å². The molecule has 1 aromatic carbocycles. The van der Waals surface area contributed by atoms with E-state index in [1.807, 2.05) is 18.2 Å². The van der Waals surface area contributed by atoms with E-state index >= 15 is 0 Å². The highest BCUT2D eigenvalue weighted by Gasteiger charge is 2.14. The third kappa shape index (κ3) is 3.37. The Balaban J connectivity index is 1.78. The Morgan fingerprint density at radius 3 is 3.06 bits per heavy atom. The first-order valence-corrected chi connectivity index (χ1v) is 6.73. The van der Waals surface area contributed by atoms with Gasteiger partial charge >= 0.3 is 0 Å².